The summed E-state index contributed by atoms with van der Waals surface area (Å²) < 4.78 is 0. The molecular weight excluding hydrogens is 495 g/mol. The zero-order valence-corrected chi connectivity index (χ0v) is 20.9. The Morgan fingerprint density at radius 3 is 2.27 bits per heavy atom. The molecule has 0 aromatic carbocycles. The van der Waals surface area contributed by atoms with Crippen molar-refractivity contribution in [1.29, 1.82) is 0 Å². The first kappa shape index (κ1) is 25.2. The summed E-state index contributed by atoms with van der Waals surface area (Å²) in [5.41, 5.74) is 0. The SMILES string of the molecule is CN(C)C(=O)CN=C(NCC1CCCCC1)N1CCN(CC(=O)NC2CC2)CC1.I. The third kappa shape index (κ3) is 8.56. The molecular formula is C21H39IN6O2. The molecule has 1 heterocycles. The normalized spacial score (nSPS) is 21.0. The summed E-state index contributed by atoms with van der Waals surface area (Å²) in [6.45, 7) is 4.90. The van der Waals surface area contributed by atoms with Crippen molar-refractivity contribution in [3.63, 3.8) is 0 Å². The first-order chi connectivity index (χ1) is 14.0. The molecule has 0 aromatic rings. The minimum Gasteiger partial charge on any atom is -0.356 e. The van der Waals surface area contributed by atoms with E-state index in [1.165, 1.54) is 32.1 Å². The van der Waals surface area contributed by atoms with Crippen LogP contribution in [0.5, 0.6) is 0 Å². The number of carbonyl (C=O) groups is 2. The highest BCUT2D eigenvalue weighted by Gasteiger charge is 2.26. The summed E-state index contributed by atoms with van der Waals surface area (Å²) >= 11 is 0. The molecule has 0 aromatic heterocycles. The van der Waals surface area contributed by atoms with Crippen LogP contribution in [0.15, 0.2) is 4.99 Å². The fraction of sp³-hybridized carbons (Fsp3) is 0.857. The quantitative estimate of drug-likeness (QED) is 0.291. The van der Waals surface area contributed by atoms with Crippen molar-refractivity contribution in [3.05, 3.63) is 0 Å². The van der Waals surface area contributed by atoms with E-state index >= 15 is 0 Å². The van der Waals surface area contributed by atoms with Gasteiger partial charge in [-0.25, -0.2) is 4.99 Å². The molecule has 3 fully saturated rings. The summed E-state index contributed by atoms with van der Waals surface area (Å²) in [6.07, 6.45) is 8.79. The average molecular weight is 534 g/mol. The standard InChI is InChI=1S/C21H38N6O2.HI/c1-25(2)20(29)15-23-21(22-14-17-6-4-3-5-7-17)27-12-10-26(11-13-27)16-19(28)24-18-8-9-18;/h17-18H,3-16H2,1-2H3,(H,22,23)(H,24,28);1H. The van der Waals surface area contributed by atoms with Gasteiger partial charge in [-0.1, -0.05) is 19.3 Å². The number of amides is 2. The van der Waals surface area contributed by atoms with E-state index in [9.17, 15) is 9.59 Å². The molecule has 3 rings (SSSR count). The van der Waals surface area contributed by atoms with Gasteiger partial charge in [-0.15, -0.1) is 24.0 Å². The summed E-state index contributed by atoms with van der Waals surface area (Å²) in [4.78, 5) is 34.7. The number of aliphatic imine (C=N–C) groups is 1. The van der Waals surface area contributed by atoms with Crippen LogP contribution in [0.3, 0.4) is 0 Å². The Morgan fingerprint density at radius 1 is 1.00 bits per heavy atom. The van der Waals surface area contributed by atoms with Crippen LogP contribution in [-0.2, 0) is 9.59 Å². The van der Waals surface area contributed by atoms with Crippen LogP contribution in [0.25, 0.3) is 0 Å². The third-order valence-corrected chi connectivity index (χ3v) is 6.12. The Kier molecular flexibility index (Phi) is 10.6. The molecule has 2 saturated carbocycles. The van der Waals surface area contributed by atoms with Gasteiger partial charge < -0.3 is 20.4 Å². The van der Waals surface area contributed by atoms with E-state index in [1.54, 1.807) is 19.0 Å². The van der Waals surface area contributed by atoms with Crippen molar-refractivity contribution in [3.8, 4) is 0 Å². The van der Waals surface area contributed by atoms with Crippen LogP contribution in [0.4, 0.5) is 0 Å². The number of nitrogens with zero attached hydrogens (tertiary/aromatic N) is 4. The minimum absolute atomic E-state index is 0. The smallest absolute Gasteiger partial charge is 0.243 e. The van der Waals surface area contributed by atoms with Crippen LogP contribution in [0, 0.1) is 5.92 Å². The van der Waals surface area contributed by atoms with Crippen molar-refractivity contribution in [2.24, 2.45) is 10.9 Å². The second kappa shape index (κ2) is 12.7. The molecule has 3 aliphatic rings. The molecule has 172 valence electrons. The van der Waals surface area contributed by atoms with Gasteiger partial charge in [0.2, 0.25) is 11.8 Å². The molecule has 0 unspecified atom stereocenters. The monoisotopic (exact) mass is 534 g/mol. The lowest BCUT2D eigenvalue weighted by molar-refractivity contribution is -0.127. The second-order valence-corrected chi connectivity index (χ2v) is 8.92. The Labute approximate surface area is 198 Å². The summed E-state index contributed by atoms with van der Waals surface area (Å²) in [5, 5.41) is 6.61. The highest BCUT2D eigenvalue weighted by atomic mass is 127. The number of hydrogen-bond donors (Lipinski definition) is 2. The molecule has 2 amide bonds. The lowest BCUT2D eigenvalue weighted by Crippen LogP contribution is -2.54. The summed E-state index contributed by atoms with van der Waals surface area (Å²) in [5.74, 6) is 1.69. The second-order valence-electron chi connectivity index (χ2n) is 8.92. The number of guanidine groups is 1. The fourth-order valence-electron chi connectivity index (χ4n) is 4.00. The van der Waals surface area contributed by atoms with Crippen molar-refractivity contribution < 1.29 is 9.59 Å². The number of piperazine rings is 1. The topological polar surface area (TPSA) is 80.3 Å². The van der Waals surface area contributed by atoms with E-state index in [-0.39, 0.29) is 42.3 Å². The highest BCUT2D eigenvalue weighted by molar-refractivity contribution is 14.0. The first-order valence-corrected chi connectivity index (χ1v) is 11.3. The highest BCUT2D eigenvalue weighted by Crippen LogP contribution is 2.23. The molecule has 9 heteroatoms. The molecule has 0 spiro atoms. The fourth-order valence-corrected chi connectivity index (χ4v) is 4.00. The molecule has 2 aliphatic carbocycles. The van der Waals surface area contributed by atoms with Crippen LogP contribution in [0.1, 0.15) is 44.9 Å². The lowest BCUT2D eigenvalue weighted by Gasteiger charge is -2.37. The Balaban J connectivity index is 0.00000320. The number of nitrogens with one attached hydrogen (secondary N) is 2. The van der Waals surface area contributed by atoms with Crippen LogP contribution in [-0.4, -0.2) is 98.4 Å². The number of likely N-dealkylation sites (N-methyl/N-ethyl adjacent to an activating group) is 1. The van der Waals surface area contributed by atoms with Gasteiger partial charge in [0, 0.05) is 52.9 Å². The van der Waals surface area contributed by atoms with Crippen LogP contribution in [0.2, 0.25) is 0 Å². The molecule has 1 aliphatic heterocycles. The van der Waals surface area contributed by atoms with Crippen molar-refractivity contribution >= 4 is 41.8 Å². The van der Waals surface area contributed by atoms with E-state index in [1.807, 2.05) is 0 Å². The Morgan fingerprint density at radius 2 is 1.67 bits per heavy atom. The maximum Gasteiger partial charge on any atom is 0.243 e. The molecule has 2 N–H and O–H groups in total. The maximum atomic E-state index is 12.1. The van der Waals surface area contributed by atoms with E-state index < -0.39 is 0 Å². The molecule has 0 radical (unpaired) electrons. The van der Waals surface area contributed by atoms with Crippen molar-refractivity contribution in [2.45, 2.75) is 51.0 Å². The van der Waals surface area contributed by atoms with Crippen molar-refractivity contribution in [1.82, 2.24) is 25.3 Å². The van der Waals surface area contributed by atoms with Crippen LogP contribution < -0.4 is 10.6 Å². The molecule has 8 nitrogen and oxygen atoms in total. The lowest BCUT2D eigenvalue weighted by atomic mass is 9.89. The van der Waals surface area contributed by atoms with E-state index in [4.69, 9.17) is 0 Å². The average Bonchev–Trinajstić information content (AvgIpc) is 3.53. The van der Waals surface area contributed by atoms with Gasteiger partial charge in [-0.3, -0.25) is 14.5 Å². The van der Waals surface area contributed by atoms with E-state index in [0.717, 1.165) is 51.5 Å². The van der Waals surface area contributed by atoms with Gasteiger partial charge in [0.05, 0.1) is 6.54 Å². The summed E-state index contributed by atoms with van der Waals surface area (Å²) in [6, 6.07) is 0.417. The third-order valence-electron chi connectivity index (χ3n) is 6.12. The molecule has 0 atom stereocenters. The zero-order chi connectivity index (χ0) is 20.6. The zero-order valence-electron chi connectivity index (χ0n) is 18.6. The molecule has 30 heavy (non-hydrogen) atoms. The van der Waals surface area contributed by atoms with E-state index in [2.05, 4.69) is 25.4 Å². The van der Waals surface area contributed by atoms with Gasteiger partial charge in [0.25, 0.3) is 0 Å². The largest absolute Gasteiger partial charge is 0.356 e. The molecule has 1 saturated heterocycles. The maximum absolute atomic E-state index is 12.1. The minimum atomic E-state index is 0. The molecule has 0 bridgehead atoms. The van der Waals surface area contributed by atoms with Gasteiger partial charge in [-0.2, -0.15) is 0 Å². The Hall–Kier alpha value is -1.10. The number of halogens is 1. The Bertz CT molecular complexity index is 582. The number of hydrogen-bond acceptors (Lipinski definition) is 4. The van der Waals surface area contributed by atoms with Gasteiger partial charge in [-0.05, 0) is 31.6 Å². The van der Waals surface area contributed by atoms with Gasteiger partial charge in [0.1, 0.15) is 6.54 Å². The number of carbonyl (C=O) groups excluding carboxylic acids is 2. The predicted molar refractivity (Wildman–Crippen MR) is 130 cm³/mol. The van der Waals surface area contributed by atoms with Crippen LogP contribution >= 0.6 is 24.0 Å². The predicted octanol–water partition coefficient (Wildman–Crippen LogP) is 1.11. The van der Waals surface area contributed by atoms with E-state index in [0.29, 0.717) is 18.5 Å². The van der Waals surface area contributed by atoms with Crippen molar-refractivity contribution in [2.75, 3.05) is 59.9 Å². The number of rotatable bonds is 7. The van der Waals surface area contributed by atoms with Gasteiger partial charge in [0.15, 0.2) is 5.96 Å². The summed E-state index contributed by atoms with van der Waals surface area (Å²) in [7, 11) is 3.52. The first-order valence-electron chi connectivity index (χ1n) is 11.3. The van der Waals surface area contributed by atoms with Gasteiger partial charge >= 0.3 is 0 Å².